The number of methoxy groups -OCH3 is 1. The van der Waals surface area contributed by atoms with Crippen molar-refractivity contribution in [3.05, 3.63) is 48.0 Å². The molecule has 2 aromatic rings. The summed E-state index contributed by atoms with van der Waals surface area (Å²) in [4.78, 5) is 15.1. The normalized spacial score (nSPS) is 17.2. The fourth-order valence-electron chi connectivity index (χ4n) is 3.38. The number of nitrogens with zero attached hydrogens (tertiary/aromatic N) is 1. The van der Waals surface area contributed by atoms with E-state index in [1.165, 1.54) is 6.42 Å². The molecular weight excluding hydrogens is 314 g/mol. The third-order valence-corrected chi connectivity index (χ3v) is 4.73. The number of carbonyl (C=O) groups excluding carboxylic acids is 1. The summed E-state index contributed by atoms with van der Waals surface area (Å²) in [6, 6.07) is 13.3. The number of hydrogen-bond acceptors (Lipinski definition) is 4. The minimum Gasteiger partial charge on any atom is -0.496 e. The van der Waals surface area contributed by atoms with Crippen LogP contribution in [0, 0.1) is 0 Å². The van der Waals surface area contributed by atoms with E-state index in [-0.39, 0.29) is 5.91 Å². The molecule has 132 valence electrons. The molecular formula is C20H25N3O2. The van der Waals surface area contributed by atoms with Crippen molar-refractivity contribution < 1.29 is 9.53 Å². The van der Waals surface area contributed by atoms with Crippen molar-refractivity contribution in [1.29, 1.82) is 0 Å². The van der Waals surface area contributed by atoms with Gasteiger partial charge >= 0.3 is 0 Å². The first-order valence-corrected chi connectivity index (χ1v) is 8.70. The maximum Gasteiger partial charge on any atom is 0.259 e. The molecule has 1 saturated heterocycles. The summed E-state index contributed by atoms with van der Waals surface area (Å²) >= 11 is 0. The van der Waals surface area contributed by atoms with Crippen molar-refractivity contribution in [3.8, 4) is 5.75 Å². The van der Waals surface area contributed by atoms with Crippen LogP contribution >= 0.6 is 0 Å². The molecule has 3 N–H and O–H groups in total. The smallest absolute Gasteiger partial charge is 0.259 e. The van der Waals surface area contributed by atoms with Crippen LogP contribution in [0.1, 0.15) is 36.5 Å². The first-order valence-electron chi connectivity index (χ1n) is 8.70. The number of rotatable bonds is 4. The number of nitrogens with two attached hydrogens (primary N) is 1. The highest BCUT2D eigenvalue weighted by Crippen LogP contribution is 2.33. The zero-order chi connectivity index (χ0) is 17.8. The van der Waals surface area contributed by atoms with Gasteiger partial charge in [-0.1, -0.05) is 12.1 Å². The van der Waals surface area contributed by atoms with Crippen LogP contribution in [0.4, 0.5) is 17.1 Å². The summed E-state index contributed by atoms with van der Waals surface area (Å²) < 4.78 is 5.30. The molecule has 3 rings (SSSR count). The van der Waals surface area contributed by atoms with Gasteiger partial charge in [-0.05, 0) is 56.5 Å². The van der Waals surface area contributed by atoms with Gasteiger partial charge in [0.25, 0.3) is 5.91 Å². The number of nitrogens with one attached hydrogen (secondary N) is 1. The van der Waals surface area contributed by atoms with Gasteiger partial charge in [-0.2, -0.15) is 0 Å². The number of carbonyl (C=O) groups is 1. The van der Waals surface area contributed by atoms with Crippen LogP contribution in [0.2, 0.25) is 0 Å². The molecule has 2 aromatic carbocycles. The van der Waals surface area contributed by atoms with Crippen LogP contribution in [-0.4, -0.2) is 25.6 Å². The second kappa shape index (κ2) is 7.47. The predicted molar refractivity (Wildman–Crippen MR) is 102 cm³/mol. The second-order valence-electron chi connectivity index (χ2n) is 6.47. The standard InChI is InChI=1S/C20H25N3O2/c1-14-7-5-6-12-23(14)18-11-10-15(21)13-17(18)22-20(24)16-8-3-4-9-19(16)25-2/h3-4,8-11,13-14H,5-7,12,21H2,1-2H3,(H,22,24)/t14-/m0/s1. The summed E-state index contributed by atoms with van der Waals surface area (Å²) in [6.07, 6.45) is 3.56. The summed E-state index contributed by atoms with van der Waals surface area (Å²) in [5.41, 5.74) is 8.86. The Morgan fingerprint density at radius 1 is 1.24 bits per heavy atom. The van der Waals surface area contributed by atoms with E-state index in [1.807, 2.05) is 30.3 Å². The highest BCUT2D eigenvalue weighted by molar-refractivity contribution is 6.08. The molecule has 1 aliphatic heterocycles. The molecule has 1 aliphatic rings. The van der Waals surface area contributed by atoms with E-state index in [9.17, 15) is 4.79 Å². The lowest BCUT2D eigenvalue weighted by Crippen LogP contribution is -2.38. The molecule has 0 unspecified atom stereocenters. The Hall–Kier alpha value is -2.69. The third kappa shape index (κ3) is 3.71. The van der Waals surface area contributed by atoms with E-state index < -0.39 is 0 Å². The molecule has 1 amide bonds. The van der Waals surface area contributed by atoms with Gasteiger partial charge < -0.3 is 20.7 Å². The SMILES string of the molecule is COc1ccccc1C(=O)Nc1cc(N)ccc1N1CCCC[C@@H]1C. The maximum absolute atomic E-state index is 12.8. The van der Waals surface area contributed by atoms with Crippen molar-refractivity contribution in [2.24, 2.45) is 0 Å². The van der Waals surface area contributed by atoms with Gasteiger partial charge in [-0.15, -0.1) is 0 Å². The van der Waals surface area contributed by atoms with Crippen LogP contribution in [0.25, 0.3) is 0 Å². The second-order valence-corrected chi connectivity index (χ2v) is 6.47. The van der Waals surface area contributed by atoms with Gasteiger partial charge in [0.15, 0.2) is 0 Å². The molecule has 0 bridgehead atoms. The number of benzene rings is 2. The number of anilines is 3. The lowest BCUT2D eigenvalue weighted by Gasteiger charge is -2.36. The quantitative estimate of drug-likeness (QED) is 0.829. The molecule has 0 saturated carbocycles. The number of amides is 1. The third-order valence-electron chi connectivity index (χ3n) is 4.73. The van der Waals surface area contributed by atoms with E-state index in [0.717, 1.165) is 30.8 Å². The summed E-state index contributed by atoms with van der Waals surface area (Å²) in [5.74, 6) is 0.353. The fourth-order valence-corrected chi connectivity index (χ4v) is 3.38. The van der Waals surface area contributed by atoms with Crippen LogP contribution in [0.3, 0.4) is 0 Å². The Labute approximate surface area is 148 Å². The summed E-state index contributed by atoms with van der Waals surface area (Å²) in [6.45, 7) is 3.21. The number of hydrogen-bond donors (Lipinski definition) is 2. The van der Waals surface area contributed by atoms with Crippen LogP contribution < -0.4 is 20.7 Å². The predicted octanol–water partition coefficient (Wildman–Crippen LogP) is 3.91. The minimum absolute atomic E-state index is 0.200. The Morgan fingerprint density at radius 3 is 2.80 bits per heavy atom. The average Bonchev–Trinajstić information content (AvgIpc) is 2.62. The molecule has 0 spiro atoms. The topological polar surface area (TPSA) is 67.6 Å². The molecule has 0 radical (unpaired) electrons. The van der Waals surface area contributed by atoms with E-state index in [2.05, 4.69) is 17.1 Å². The minimum atomic E-state index is -0.200. The number of para-hydroxylation sites is 1. The Kier molecular flexibility index (Phi) is 5.12. The number of piperidine rings is 1. The van der Waals surface area contributed by atoms with Crippen molar-refractivity contribution in [1.82, 2.24) is 0 Å². The van der Waals surface area contributed by atoms with Crippen molar-refractivity contribution >= 4 is 23.0 Å². The highest BCUT2D eigenvalue weighted by atomic mass is 16.5. The monoisotopic (exact) mass is 339 g/mol. The van der Waals surface area contributed by atoms with E-state index in [4.69, 9.17) is 10.5 Å². The van der Waals surface area contributed by atoms with Crippen LogP contribution in [-0.2, 0) is 0 Å². The highest BCUT2D eigenvalue weighted by Gasteiger charge is 2.22. The maximum atomic E-state index is 12.8. The van der Waals surface area contributed by atoms with E-state index in [1.54, 1.807) is 19.2 Å². The summed E-state index contributed by atoms with van der Waals surface area (Å²) in [7, 11) is 1.56. The average molecular weight is 339 g/mol. The largest absolute Gasteiger partial charge is 0.496 e. The first-order chi connectivity index (χ1) is 12.1. The van der Waals surface area contributed by atoms with Crippen molar-refractivity contribution in [3.63, 3.8) is 0 Å². The van der Waals surface area contributed by atoms with E-state index in [0.29, 0.717) is 23.0 Å². The molecule has 0 aliphatic carbocycles. The van der Waals surface area contributed by atoms with Crippen LogP contribution in [0.15, 0.2) is 42.5 Å². The zero-order valence-corrected chi connectivity index (χ0v) is 14.8. The van der Waals surface area contributed by atoms with Gasteiger partial charge in [-0.3, -0.25) is 4.79 Å². The van der Waals surface area contributed by atoms with Crippen molar-refractivity contribution in [2.45, 2.75) is 32.2 Å². The molecule has 0 aromatic heterocycles. The van der Waals surface area contributed by atoms with Gasteiger partial charge in [0, 0.05) is 18.3 Å². The Balaban J connectivity index is 1.91. The Bertz CT molecular complexity index is 760. The Morgan fingerprint density at radius 2 is 2.04 bits per heavy atom. The number of ether oxygens (including phenoxy) is 1. The van der Waals surface area contributed by atoms with Crippen LogP contribution in [0.5, 0.6) is 5.75 Å². The lowest BCUT2D eigenvalue weighted by atomic mass is 10.0. The molecule has 5 heteroatoms. The zero-order valence-electron chi connectivity index (χ0n) is 14.8. The fraction of sp³-hybridized carbons (Fsp3) is 0.350. The molecule has 1 atom stereocenters. The number of nitrogen functional groups attached to an aromatic ring is 1. The summed E-state index contributed by atoms with van der Waals surface area (Å²) in [5, 5.41) is 3.02. The van der Waals surface area contributed by atoms with Gasteiger partial charge in [-0.25, -0.2) is 0 Å². The lowest BCUT2D eigenvalue weighted by molar-refractivity contribution is 0.102. The first kappa shape index (κ1) is 17.1. The molecule has 5 nitrogen and oxygen atoms in total. The van der Waals surface area contributed by atoms with Gasteiger partial charge in [0.1, 0.15) is 5.75 Å². The molecule has 25 heavy (non-hydrogen) atoms. The van der Waals surface area contributed by atoms with Crippen molar-refractivity contribution in [2.75, 3.05) is 29.6 Å². The van der Waals surface area contributed by atoms with E-state index >= 15 is 0 Å². The van der Waals surface area contributed by atoms with Gasteiger partial charge in [0.2, 0.25) is 0 Å². The molecule has 1 heterocycles. The van der Waals surface area contributed by atoms with Gasteiger partial charge in [0.05, 0.1) is 24.0 Å². The molecule has 1 fully saturated rings.